The van der Waals surface area contributed by atoms with E-state index in [0.29, 0.717) is 17.6 Å². The third-order valence-corrected chi connectivity index (χ3v) is 8.55. The molecule has 0 aromatic carbocycles. The van der Waals surface area contributed by atoms with Gasteiger partial charge in [0.05, 0.1) is 0 Å². The van der Waals surface area contributed by atoms with E-state index in [-0.39, 0.29) is 16.8 Å². The van der Waals surface area contributed by atoms with Crippen LogP contribution in [0.3, 0.4) is 0 Å². The Morgan fingerprint density at radius 3 is 2.52 bits per heavy atom. The number of rotatable bonds is 2. The average molecular weight is 372 g/mol. The molecule has 0 saturated heterocycles. The number of hydrogen-bond donors (Lipinski definition) is 1. The second kappa shape index (κ2) is 6.49. The van der Waals surface area contributed by atoms with Gasteiger partial charge >= 0.3 is 5.97 Å². The van der Waals surface area contributed by atoms with E-state index in [0.717, 1.165) is 37.3 Å². The normalized spacial score (nSPS) is 42.4. The lowest BCUT2D eigenvalue weighted by atomic mass is 9.47. The SMILES string of the molecule is CC(=O)ON/C(C)=C1/CC[C@H]2[C@@H]3CCC4=CC(=O)CC[C@]4(C)[C@H]3CC[C@]12C. The molecular formula is C23H33NO3. The molecule has 0 aliphatic heterocycles. The Kier molecular flexibility index (Phi) is 4.51. The lowest BCUT2D eigenvalue weighted by molar-refractivity contribution is -0.146. The summed E-state index contributed by atoms with van der Waals surface area (Å²) in [6.07, 6.45) is 10.8. The summed E-state index contributed by atoms with van der Waals surface area (Å²) in [7, 11) is 0. The highest BCUT2D eigenvalue weighted by molar-refractivity contribution is 5.91. The van der Waals surface area contributed by atoms with Crippen LogP contribution in [0.25, 0.3) is 0 Å². The summed E-state index contributed by atoms with van der Waals surface area (Å²) in [4.78, 5) is 28.2. The van der Waals surface area contributed by atoms with E-state index >= 15 is 0 Å². The molecule has 4 aliphatic rings. The van der Waals surface area contributed by atoms with Gasteiger partial charge in [-0.3, -0.25) is 9.59 Å². The van der Waals surface area contributed by atoms with E-state index in [1.54, 1.807) is 0 Å². The Hall–Kier alpha value is -1.58. The van der Waals surface area contributed by atoms with Gasteiger partial charge in [0.1, 0.15) is 0 Å². The number of hydroxylamine groups is 1. The summed E-state index contributed by atoms with van der Waals surface area (Å²) >= 11 is 0. The third kappa shape index (κ3) is 2.87. The fourth-order valence-corrected chi connectivity index (χ4v) is 7.20. The minimum atomic E-state index is -0.301. The van der Waals surface area contributed by atoms with Crippen LogP contribution in [0.4, 0.5) is 0 Å². The molecule has 1 N–H and O–H groups in total. The Morgan fingerprint density at radius 1 is 1.04 bits per heavy atom. The molecular weight excluding hydrogens is 338 g/mol. The predicted octanol–water partition coefficient (Wildman–Crippen LogP) is 4.86. The molecule has 148 valence electrons. The fourth-order valence-electron chi connectivity index (χ4n) is 7.20. The second-order valence-electron chi connectivity index (χ2n) is 9.76. The molecule has 3 fully saturated rings. The van der Waals surface area contributed by atoms with Crippen molar-refractivity contribution >= 4 is 11.8 Å². The van der Waals surface area contributed by atoms with Crippen molar-refractivity contribution in [1.82, 2.24) is 5.48 Å². The summed E-state index contributed by atoms with van der Waals surface area (Å²) in [6, 6.07) is 0. The van der Waals surface area contributed by atoms with Crippen molar-refractivity contribution < 1.29 is 14.4 Å². The summed E-state index contributed by atoms with van der Waals surface area (Å²) in [5.41, 5.74) is 7.25. The number of allylic oxidation sites excluding steroid dienone is 3. The molecule has 3 saturated carbocycles. The Morgan fingerprint density at radius 2 is 1.78 bits per heavy atom. The number of carbonyl (C=O) groups is 2. The van der Waals surface area contributed by atoms with E-state index in [1.165, 1.54) is 43.8 Å². The molecule has 0 bridgehead atoms. The molecule has 0 aromatic heterocycles. The molecule has 0 aromatic rings. The van der Waals surface area contributed by atoms with Crippen LogP contribution < -0.4 is 5.48 Å². The van der Waals surface area contributed by atoms with Crippen molar-refractivity contribution in [3.8, 4) is 0 Å². The van der Waals surface area contributed by atoms with Crippen LogP contribution in [-0.4, -0.2) is 11.8 Å². The van der Waals surface area contributed by atoms with Crippen molar-refractivity contribution in [2.24, 2.45) is 28.6 Å². The number of carbonyl (C=O) groups excluding carboxylic acids is 2. The molecule has 27 heavy (non-hydrogen) atoms. The third-order valence-electron chi connectivity index (χ3n) is 8.55. The van der Waals surface area contributed by atoms with Gasteiger partial charge in [0.15, 0.2) is 5.78 Å². The number of ketones is 1. The molecule has 4 heteroatoms. The first-order valence-corrected chi connectivity index (χ1v) is 10.6. The van der Waals surface area contributed by atoms with Gasteiger partial charge < -0.3 is 4.84 Å². The minimum Gasteiger partial charge on any atom is -0.344 e. The number of hydrogen-bond acceptors (Lipinski definition) is 4. The topological polar surface area (TPSA) is 55.4 Å². The zero-order chi connectivity index (χ0) is 19.4. The lowest BCUT2D eigenvalue weighted by Crippen LogP contribution is -2.49. The van der Waals surface area contributed by atoms with Crippen molar-refractivity contribution in [2.45, 2.75) is 79.1 Å². The second-order valence-corrected chi connectivity index (χ2v) is 9.76. The molecule has 0 unspecified atom stereocenters. The van der Waals surface area contributed by atoms with E-state index in [4.69, 9.17) is 4.84 Å². The quantitative estimate of drug-likeness (QED) is 0.704. The van der Waals surface area contributed by atoms with Crippen molar-refractivity contribution in [2.75, 3.05) is 0 Å². The molecule has 0 heterocycles. The van der Waals surface area contributed by atoms with Crippen molar-refractivity contribution in [3.05, 3.63) is 22.9 Å². The monoisotopic (exact) mass is 371 g/mol. The van der Waals surface area contributed by atoms with E-state index in [1.807, 2.05) is 13.0 Å². The van der Waals surface area contributed by atoms with Gasteiger partial charge in [-0.1, -0.05) is 19.4 Å². The van der Waals surface area contributed by atoms with Crippen LogP contribution in [0, 0.1) is 28.6 Å². The van der Waals surface area contributed by atoms with Crippen LogP contribution in [0.15, 0.2) is 22.9 Å². The van der Waals surface area contributed by atoms with Gasteiger partial charge in [0, 0.05) is 19.0 Å². The molecule has 4 aliphatic carbocycles. The van der Waals surface area contributed by atoms with Gasteiger partial charge in [-0.25, -0.2) is 5.48 Å². The summed E-state index contributed by atoms with van der Waals surface area (Å²) < 4.78 is 0. The molecule has 5 atom stereocenters. The zero-order valence-electron chi connectivity index (χ0n) is 17.2. The highest BCUT2D eigenvalue weighted by atomic mass is 16.7. The first-order chi connectivity index (χ1) is 12.8. The highest BCUT2D eigenvalue weighted by Gasteiger charge is 2.57. The number of nitrogens with one attached hydrogen (secondary N) is 1. The molecule has 4 nitrogen and oxygen atoms in total. The van der Waals surface area contributed by atoms with Crippen molar-refractivity contribution in [1.29, 1.82) is 0 Å². The Balaban J connectivity index is 1.61. The van der Waals surface area contributed by atoms with Gasteiger partial charge in [-0.15, -0.1) is 0 Å². The Labute approximate surface area is 162 Å². The lowest BCUT2D eigenvalue weighted by Gasteiger charge is -2.57. The standard InChI is InChI=1S/C23H33NO3/c1-14(24-27-15(2)25)19-7-8-20-18-6-5-16-13-17(26)9-11-22(16,3)21(18)10-12-23(19,20)4/h13,18,20-21,24H,5-12H2,1-4H3/b19-14-/t18-,20-,21-,22-,23+/m0/s1. The van der Waals surface area contributed by atoms with Crippen LogP contribution in [0.1, 0.15) is 79.1 Å². The molecule has 0 radical (unpaired) electrons. The largest absolute Gasteiger partial charge is 0.344 e. The number of fused-ring (bicyclic) bond motifs is 5. The molecule has 0 amide bonds. The summed E-state index contributed by atoms with van der Waals surface area (Å²) in [5, 5.41) is 0. The van der Waals surface area contributed by atoms with Crippen LogP contribution in [-0.2, 0) is 14.4 Å². The van der Waals surface area contributed by atoms with Crippen LogP contribution >= 0.6 is 0 Å². The van der Waals surface area contributed by atoms with Gasteiger partial charge in [0.25, 0.3) is 0 Å². The fraction of sp³-hybridized carbons (Fsp3) is 0.739. The van der Waals surface area contributed by atoms with E-state index in [2.05, 4.69) is 19.3 Å². The average Bonchev–Trinajstić information content (AvgIpc) is 2.97. The maximum absolute atomic E-state index is 12.0. The van der Waals surface area contributed by atoms with Crippen LogP contribution in [0.5, 0.6) is 0 Å². The molecule has 0 spiro atoms. The summed E-state index contributed by atoms with van der Waals surface area (Å²) in [6.45, 7) is 8.35. The van der Waals surface area contributed by atoms with Gasteiger partial charge in [-0.05, 0) is 92.1 Å². The van der Waals surface area contributed by atoms with Crippen molar-refractivity contribution in [3.63, 3.8) is 0 Å². The predicted molar refractivity (Wildman–Crippen MR) is 104 cm³/mol. The maximum Gasteiger partial charge on any atom is 0.329 e. The first kappa shape index (κ1) is 18.8. The first-order valence-electron chi connectivity index (χ1n) is 10.6. The minimum absolute atomic E-state index is 0.209. The smallest absolute Gasteiger partial charge is 0.329 e. The maximum atomic E-state index is 12.0. The van der Waals surface area contributed by atoms with E-state index < -0.39 is 0 Å². The van der Waals surface area contributed by atoms with Gasteiger partial charge in [0.2, 0.25) is 0 Å². The van der Waals surface area contributed by atoms with Gasteiger partial charge in [-0.2, -0.15) is 0 Å². The molecule has 4 rings (SSSR count). The zero-order valence-corrected chi connectivity index (χ0v) is 17.2. The Bertz CT molecular complexity index is 736. The highest BCUT2D eigenvalue weighted by Crippen LogP contribution is 2.66. The van der Waals surface area contributed by atoms with Crippen LogP contribution in [0.2, 0.25) is 0 Å². The summed E-state index contributed by atoms with van der Waals surface area (Å²) in [5.74, 6) is 2.20. The van der Waals surface area contributed by atoms with E-state index in [9.17, 15) is 9.59 Å².